The summed E-state index contributed by atoms with van der Waals surface area (Å²) in [7, 11) is 0. The lowest BCUT2D eigenvalue weighted by Gasteiger charge is -2.27. The summed E-state index contributed by atoms with van der Waals surface area (Å²) in [5.41, 5.74) is 2.57. The second-order valence-electron chi connectivity index (χ2n) is 7.22. The van der Waals surface area contributed by atoms with Crippen molar-refractivity contribution in [2.75, 3.05) is 26.2 Å². The first-order valence-corrected chi connectivity index (χ1v) is 9.14. The fraction of sp³-hybridized carbons (Fsp3) is 0.550. The number of benzene rings is 1. The second kappa shape index (κ2) is 6.60. The largest absolute Gasteiger partial charge is 0.492 e. The number of rotatable bonds is 5. The minimum atomic E-state index is 0.157. The molecule has 4 rings (SSSR count). The normalized spacial score (nSPS) is 26.5. The van der Waals surface area contributed by atoms with Gasteiger partial charge in [0.05, 0.1) is 6.04 Å². The van der Waals surface area contributed by atoms with Crippen LogP contribution in [0.25, 0.3) is 5.57 Å². The fourth-order valence-corrected chi connectivity index (χ4v) is 3.69. The summed E-state index contributed by atoms with van der Waals surface area (Å²) in [5.74, 6) is 1.12. The second-order valence-corrected chi connectivity index (χ2v) is 7.22. The summed E-state index contributed by atoms with van der Waals surface area (Å²) in [6, 6.07) is 9.90. The number of amides is 1. The number of hydrogen-bond acceptors (Lipinski definition) is 3. The van der Waals surface area contributed by atoms with Gasteiger partial charge in [0.25, 0.3) is 0 Å². The van der Waals surface area contributed by atoms with Crippen LogP contribution in [0.4, 0.5) is 0 Å². The molecule has 1 saturated heterocycles. The van der Waals surface area contributed by atoms with Crippen molar-refractivity contribution in [2.24, 2.45) is 0 Å². The molecule has 0 aromatic heterocycles. The predicted octanol–water partition coefficient (Wildman–Crippen LogP) is 2.94. The van der Waals surface area contributed by atoms with Crippen LogP contribution in [0.2, 0.25) is 0 Å². The van der Waals surface area contributed by atoms with E-state index in [9.17, 15) is 4.79 Å². The highest BCUT2D eigenvalue weighted by molar-refractivity contribution is 5.76. The van der Waals surface area contributed by atoms with Crippen LogP contribution in [0.3, 0.4) is 0 Å². The molecule has 0 N–H and O–H groups in total. The summed E-state index contributed by atoms with van der Waals surface area (Å²) in [5, 5.41) is 0. The molecule has 1 amide bonds. The van der Waals surface area contributed by atoms with Crippen LogP contribution < -0.4 is 4.74 Å². The maximum absolute atomic E-state index is 11.4. The van der Waals surface area contributed by atoms with Crippen molar-refractivity contribution in [1.82, 2.24) is 9.80 Å². The molecule has 128 valence electrons. The lowest BCUT2D eigenvalue weighted by molar-refractivity contribution is -0.128. The van der Waals surface area contributed by atoms with Crippen LogP contribution in [-0.4, -0.2) is 54.0 Å². The molecule has 2 aliphatic heterocycles. The molecule has 0 spiro atoms. The molecule has 0 radical (unpaired) electrons. The van der Waals surface area contributed by atoms with Crippen LogP contribution in [-0.2, 0) is 4.79 Å². The summed E-state index contributed by atoms with van der Waals surface area (Å²) >= 11 is 0. The number of carbonyl (C=O) groups is 1. The molecule has 2 unspecified atom stereocenters. The van der Waals surface area contributed by atoms with Crippen molar-refractivity contribution in [2.45, 2.75) is 44.7 Å². The van der Waals surface area contributed by atoms with Gasteiger partial charge in [-0.1, -0.05) is 24.6 Å². The molecule has 1 saturated carbocycles. The number of ether oxygens (including phenoxy) is 1. The maximum atomic E-state index is 11.4. The molecule has 4 heteroatoms. The average molecular weight is 326 g/mol. The van der Waals surface area contributed by atoms with Gasteiger partial charge >= 0.3 is 0 Å². The van der Waals surface area contributed by atoms with Gasteiger partial charge in [-0.3, -0.25) is 9.69 Å². The molecule has 1 aliphatic carbocycles. The van der Waals surface area contributed by atoms with Crippen molar-refractivity contribution in [3.05, 3.63) is 35.9 Å². The van der Waals surface area contributed by atoms with E-state index in [0.29, 0.717) is 6.04 Å². The molecule has 2 atom stereocenters. The third kappa shape index (κ3) is 3.34. The third-order valence-corrected chi connectivity index (χ3v) is 5.62. The summed E-state index contributed by atoms with van der Waals surface area (Å²) in [6.45, 7) is 5.20. The Morgan fingerprint density at radius 2 is 2.04 bits per heavy atom. The van der Waals surface area contributed by atoms with Crippen molar-refractivity contribution in [1.29, 1.82) is 0 Å². The first-order chi connectivity index (χ1) is 11.7. The van der Waals surface area contributed by atoms with Gasteiger partial charge in [0.2, 0.25) is 5.91 Å². The number of hydrogen-bond donors (Lipinski definition) is 0. The molecule has 2 fully saturated rings. The van der Waals surface area contributed by atoms with Crippen molar-refractivity contribution in [3.63, 3.8) is 0 Å². The summed E-state index contributed by atoms with van der Waals surface area (Å²) in [4.78, 5) is 15.8. The van der Waals surface area contributed by atoms with E-state index in [-0.39, 0.29) is 5.91 Å². The zero-order valence-electron chi connectivity index (χ0n) is 14.4. The number of nitrogens with zero attached hydrogens (tertiary/aromatic N) is 2. The highest BCUT2D eigenvalue weighted by Crippen LogP contribution is 2.34. The van der Waals surface area contributed by atoms with Crippen LogP contribution in [0.15, 0.2) is 30.3 Å². The first kappa shape index (κ1) is 15.7. The van der Waals surface area contributed by atoms with E-state index in [1.54, 1.807) is 6.92 Å². The Balaban J connectivity index is 1.28. The van der Waals surface area contributed by atoms with Crippen LogP contribution >= 0.6 is 0 Å². The first-order valence-electron chi connectivity index (χ1n) is 9.14. The van der Waals surface area contributed by atoms with Gasteiger partial charge < -0.3 is 9.64 Å². The minimum absolute atomic E-state index is 0.157. The van der Waals surface area contributed by atoms with E-state index in [2.05, 4.69) is 35.2 Å². The van der Waals surface area contributed by atoms with E-state index in [1.165, 1.54) is 36.9 Å². The van der Waals surface area contributed by atoms with E-state index in [0.717, 1.165) is 37.9 Å². The SMILES string of the molecule is CC(=O)N1CC=C(c2ccc(OCC3CN3C3CCC3)cc2)CC1. The molecule has 1 aromatic rings. The Labute approximate surface area is 144 Å². The van der Waals surface area contributed by atoms with E-state index >= 15 is 0 Å². The predicted molar refractivity (Wildman–Crippen MR) is 94.9 cm³/mol. The Morgan fingerprint density at radius 1 is 1.25 bits per heavy atom. The lowest BCUT2D eigenvalue weighted by Crippen LogP contribution is -2.32. The highest BCUT2D eigenvalue weighted by Gasteiger charge is 2.42. The van der Waals surface area contributed by atoms with Crippen molar-refractivity contribution < 1.29 is 9.53 Å². The van der Waals surface area contributed by atoms with Gasteiger partial charge in [-0.15, -0.1) is 0 Å². The topological polar surface area (TPSA) is 32.6 Å². The van der Waals surface area contributed by atoms with E-state index < -0.39 is 0 Å². The monoisotopic (exact) mass is 326 g/mol. The third-order valence-electron chi connectivity index (χ3n) is 5.62. The van der Waals surface area contributed by atoms with E-state index in [4.69, 9.17) is 4.74 Å². The lowest BCUT2D eigenvalue weighted by atomic mass is 9.93. The van der Waals surface area contributed by atoms with Crippen LogP contribution in [0.1, 0.15) is 38.2 Å². The van der Waals surface area contributed by atoms with Crippen molar-refractivity contribution >= 4 is 11.5 Å². The standard InChI is InChI=1S/C20H26N2O2/c1-15(23)21-11-9-17(10-12-21)16-5-7-20(8-6-16)24-14-19-13-22(19)18-3-2-4-18/h5-9,18-19H,2-4,10-14H2,1H3. The van der Waals surface area contributed by atoms with Crippen LogP contribution in [0.5, 0.6) is 5.75 Å². The quantitative estimate of drug-likeness (QED) is 0.780. The summed E-state index contributed by atoms with van der Waals surface area (Å²) < 4.78 is 5.96. The summed E-state index contributed by atoms with van der Waals surface area (Å²) in [6.07, 6.45) is 7.25. The molecule has 1 aromatic carbocycles. The molecule has 24 heavy (non-hydrogen) atoms. The zero-order chi connectivity index (χ0) is 16.5. The highest BCUT2D eigenvalue weighted by atomic mass is 16.5. The van der Waals surface area contributed by atoms with Gasteiger partial charge in [0.1, 0.15) is 12.4 Å². The molecule has 4 nitrogen and oxygen atoms in total. The molecule has 2 heterocycles. The molecule has 0 bridgehead atoms. The van der Waals surface area contributed by atoms with Gasteiger partial charge in [0.15, 0.2) is 0 Å². The Kier molecular flexibility index (Phi) is 4.31. The Bertz CT molecular complexity index is 634. The van der Waals surface area contributed by atoms with Gasteiger partial charge in [-0.2, -0.15) is 0 Å². The molecule has 3 aliphatic rings. The Hall–Kier alpha value is -1.81. The maximum Gasteiger partial charge on any atom is 0.219 e. The van der Waals surface area contributed by atoms with Crippen molar-refractivity contribution in [3.8, 4) is 5.75 Å². The van der Waals surface area contributed by atoms with Gasteiger partial charge in [-0.25, -0.2) is 0 Å². The van der Waals surface area contributed by atoms with Crippen LogP contribution in [0, 0.1) is 0 Å². The minimum Gasteiger partial charge on any atom is -0.492 e. The number of carbonyl (C=O) groups excluding carboxylic acids is 1. The smallest absolute Gasteiger partial charge is 0.219 e. The van der Waals surface area contributed by atoms with Gasteiger partial charge in [-0.05, 0) is 42.5 Å². The molecular formula is C20H26N2O2. The van der Waals surface area contributed by atoms with E-state index in [1.807, 2.05) is 4.90 Å². The average Bonchev–Trinajstić information content (AvgIpc) is 3.31. The zero-order valence-corrected chi connectivity index (χ0v) is 14.4. The Morgan fingerprint density at radius 3 is 2.62 bits per heavy atom. The fourth-order valence-electron chi connectivity index (χ4n) is 3.69. The molecular weight excluding hydrogens is 300 g/mol. The van der Waals surface area contributed by atoms with Gasteiger partial charge in [0, 0.05) is 32.6 Å².